The number of imidazole rings is 1. The summed E-state index contributed by atoms with van der Waals surface area (Å²) in [6, 6.07) is 0.681. The number of rotatable bonds is 2. The molecule has 1 aromatic heterocycles. The average molecular weight is 288 g/mol. The predicted octanol–water partition coefficient (Wildman–Crippen LogP) is 0.654. The van der Waals surface area contributed by atoms with Crippen molar-refractivity contribution in [3.63, 3.8) is 0 Å². The Morgan fingerprint density at radius 2 is 2.19 bits per heavy atom. The summed E-state index contributed by atoms with van der Waals surface area (Å²) in [6.45, 7) is 0.693. The van der Waals surface area contributed by atoms with Gasteiger partial charge in [0, 0.05) is 7.05 Å². The van der Waals surface area contributed by atoms with Crippen molar-refractivity contribution in [1.29, 1.82) is 0 Å². The van der Waals surface area contributed by atoms with Crippen LogP contribution in [-0.4, -0.2) is 64.9 Å². The Labute approximate surface area is 123 Å². The topological polar surface area (TPSA) is 67.8 Å². The summed E-state index contributed by atoms with van der Waals surface area (Å²) in [7, 11) is 5.78. The van der Waals surface area contributed by atoms with Crippen LogP contribution in [0, 0.1) is 0 Å². The van der Waals surface area contributed by atoms with Crippen LogP contribution in [0.25, 0.3) is 0 Å². The van der Waals surface area contributed by atoms with E-state index in [1.54, 1.807) is 11.9 Å². The number of nitrogens with zero attached hydrogens (tertiary/aromatic N) is 5. The summed E-state index contributed by atoms with van der Waals surface area (Å²) in [5.74, 6) is 2.32. The summed E-state index contributed by atoms with van der Waals surface area (Å²) < 4.78 is 0. The fourth-order valence-corrected chi connectivity index (χ4v) is 3.60. The molecule has 2 unspecified atom stereocenters. The monoisotopic (exact) mass is 288 g/mol. The molecule has 1 fully saturated rings. The van der Waals surface area contributed by atoms with E-state index in [2.05, 4.69) is 14.9 Å². The number of amides is 1. The van der Waals surface area contributed by atoms with Crippen LogP contribution in [-0.2, 0) is 6.54 Å². The third-order valence-electron chi connectivity index (χ3n) is 4.52. The Bertz CT molecular complexity index is 633. The molecule has 112 valence electrons. The largest absolute Gasteiger partial charge is 0.335 e. The number of H-pyrrole nitrogens is 1. The standard InChI is InChI=1S/C14H20N6O/c1-18(2)7-10-16-11-12(17-10)20-9-6-4-5-8(9)15-14(20)19(3)13(11)21/h8-9H,4-7H2,1-3H3,(H,16,17). The first-order chi connectivity index (χ1) is 10.1. The zero-order valence-electron chi connectivity index (χ0n) is 12.6. The molecule has 1 N–H and O–H groups in total. The second-order valence-corrected chi connectivity index (χ2v) is 6.35. The number of hydrogen-bond acceptors (Lipinski definition) is 5. The van der Waals surface area contributed by atoms with Gasteiger partial charge in [0.15, 0.2) is 5.82 Å². The minimum atomic E-state index is -0.0440. The Morgan fingerprint density at radius 1 is 1.38 bits per heavy atom. The zero-order valence-corrected chi connectivity index (χ0v) is 12.6. The molecule has 2 atom stereocenters. The van der Waals surface area contributed by atoms with E-state index in [1.165, 1.54) is 6.42 Å². The molecule has 0 saturated heterocycles. The summed E-state index contributed by atoms with van der Waals surface area (Å²) >= 11 is 0. The number of hydrogen-bond donors (Lipinski definition) is 1. The van der Waals surface area contributed by atoms with Gasteiger partial charge in [0.25, 0.3) is 5.91 Å². The molecule has 0 bridgehead atoms. The van der Waals surface area contributed by atoms with Crippen molar-refractivity contribution < 1.29 is 4.79 Å². The highest BCUT2D eigenvalue weighted by atomic mass is 16.2. The first-order valence-corrected chi connectivity index (χ1v) is 7.45. The molecule has 3 aliphatic rings. The molecule has 2 aliphatic heterocycles. The van der Waals surface area contributed by atoms with Crippen LogP contribution in [0.2, 0.25) is 0 Å². The lowest BCUT2D eigenvalue weighted by Gasteiger charge is -2.33. The number of carbonyl (C=O) groups excluding carboxylic acids is 1. The molecule has 1 aromatic rings. The van der Waals surface area contributed by atoms with Gasteiger partial charge >= 0.3 is 0 Å². The van der Waals surface area contributed by atoms with Gasteiger partial charge in [-0.15, -0.1) is 0 Å². The molecule has 1 amide bonds. The Kier molecular flexibility index (Phi) is 2.63. The number of carbonyl (C=O) groups is 1. The van der Waals surface area contributed by atoms with Crippen molar-refractivity contribution in [2.75, 3.05) is 26.0 Å². The molecule has 0 spiro atoms. The molecule has 4 rings (SSSR count). The third-order valence-corrected chi connectivity index (χ3v) is 4.52. The van der Waals surface area contributed by atoms with Crippen LogP contribution in [0.3, 0.4) is 0 Å². The van der Waals surface area contributed by atoms with E-state index in [1.807, 2.05) is 19.0 Å². The maximum Gasteiger partial charge on any atom is 0.280 e. The number of nitrogens with one attached hydrogen (secondary N) is 1. The van der Waals surface area contributed by atoms with E-state index < -0.39 is 0 Å². The lowest BCUT2D eigenvalue weighted by Crippen LogP contribution is -2.51. The van der Waals surface area contributed by atoms with Crippen molar-refractivity contribution in [2.24, 2.45) is 4.99 Å². The Balaban J connectivity index is 1.80. The van der Waals surface area contributed by atoms with Crippen LogP contribution in [0.5, 0.6) is 0 Å². The Morgan fingerprint density at radius 3 is 2.95 bits per heavy atom. The van der Waals surface area contributed by atoms with E-state index in [9.17, 15) is 4.79 Å². The van der Waals surface area contributed by atoms with Gasteiger partial charge in [0.1, 0.15) is 11.5 Å². The van der Waals surface area contributed by atoms with E-state index in [4.69, 9.17) is 4.99 Å². The van der Waals surface area contributed by atoms with Crippen molar-refractivity contribution in [1.82, 2.24) is 19.8 Å². The SMILES string of the molecule is CN(C)Cc1nc2c([nH]1)C(=O)N(C)C1=NC3CCCC3N12. The van der Waals surface area contributed by atoms with Gasteiger partial charge in [-0.1, -0.05) is 0 Å². The highest BCUT2D eigenvalue weighted by Gasteiger charge is 2.48. The number of guanidine groups is 1. The summed E-state index contributed by atoms with van der Waals surface area (Å²) in [6.07, 6.45) is 3.43. The molecular weight excluding hydrogens is 268 g/mol. The first-order valence-electron chi connectivity index (χ1n) is 7.45. The highest BCUT2D eigenvalue weighted by molar-refractivity contribution is 6.18. The molecule has 3 heterocycles. The minimum absolute atomic E-state index is 0.0440. The van der Waals surface area contributed by atoms with Crippen LogP contribution in [0.1, 0.15) is 35.6 Å². The van der Waals surface area contributed by atoms with Crippen molar-refractivity contribution >= 4 is 17.7 Å². The van der Waals surface area contributed by atoms with Crippen molar-refractivity contribution in [3.05, 3.63) is 11.5 Å². The first kappa shape index (κ1) is 12.8. The predicted molar refractivity (Wildman–Crippen MR) is 79.4 cm³/mol. The maximum atomic E-state index is 12.5. The van der Waals surface area contributed by atoms with E-state index in [0.29, 0.717) is 24.3 Å². The average Bonchev–Trinajstić information content (AvgIpc) is 3.07. The lowest BCUT2D eigenvalue weighted by atomic mass is 10.1. The van der Waals surface area contributed by atoms with Crippen LogP contribution in [0.4, 0.5) is 5.82 Å². The fourth-order valence-electron chi connectivity index (χ4n) is 3.60. The molecular formula is C14H20N6O. The highest BCUT2D eigenvalue weighted by Crippen LogP contribution is 2.39. The fraction of sp³-hybridized carbons (Fsp3) is 0.643. The second-order valence-electron chi connectivity index (χ2n) is 6.35. The van der Waals surface area contributed by atoms with Gasteiger partial charge in [0.05, 0.1) is 18.6 Å². The summed E-state index contributed by atoms with van der Waals surface area (Å²) in [5, 5.41) is 0. The van der Waals surface area contributed by atoms with E-state index in [-0.39, 0.29) is 5.91 Å². The van der Waals surface area contributed by atoms with E-state index in [0.717, 1.165) is 30.4 Å². The smallest absolute Gasteiger partial charge is 0.280 e. The van der Waals surface area contributed by atoms with E-state index >= 15 is 0 Å². The number of aromatic amines is 1. The molecule has 7 nitrogen and oxygen atoms in total. The third kappa shape index (κ3) is 1.73. The van der Waals surface area contributed by atoms with Gasteiger partial charge in [-0.05, 0) is 33.4 Å². The molecule has 0 radical (unpaired) electrons. The normalized spacial score (nSPS) is 27.0. The number of anilines is 1. The van der Waals surface area contributed by atoms with Gasteiger partial charge < -0.3 is 9.88 Å². The maximum absolute atomic E-state index is 12.5. The Hall–Kier alpha value is -1.89. The van der Waals surface area contributed by atoms with Gasteiger partial charge in [-0.2, -0.15) is 0 Å². The number of aliphatic imine (C=N–C) groups is 1. The molecule has 0 aromatic carbocycles. The van der Waals surface area contributed by atoms with Crippen molar-refractivity contribution in [2.45, 2.75) is 37.9 Å². The summed E-state index contributed by atoms with van der Waals surface area (Å²) in [4.78, 5) is 31.0. The van der Waals surface area contributed by atoms with Gasteiger partial charge in [-0.25, -0.2) is 9.98 Å². The molecule has 1 saturated carbocycles. The van der Waals surface area contributed by atoms with Gasteiger partial charge in [-0.3, -0.25) is 14.6 Å². The number of fused-ring (bicyclic) bond motifs is 5. The number of aromatic nitrogens is 2. The molecule has 1 aliphatic carbocycles. The quantitative estimate of drug-likeness (QED) is 0.868. The molecule has 7 heteroatoms. The molecule has 21 heavy (non-hydrogen) atoms. The zero-order chi connectivity index (χ0) is 14.7. The van der Waals surface area contributed by atoms with Crippen molar-refractivity contribution in [3.8, 4) is 0 Å². The van der Waals surface area contributed by atoms with Gasteiger partial charge in [0.2, 0.25) is 5.96 Å². The lowest BCUT2D eigenvalue weighted by molar-refractivity contribution is 0.0859. The van der Waals surface area contributed by atoms with Crippen LogP contribution < -0.4 is 4.90 Å². The van der Waals surface area contributed by atoms with Crippen LogP contribution in [0.15, 0.2) is 4.99 Å². The van der Waals surface area contributed by atoms with Crippen LogP contribution >= 0.6 is 0 Å². The minimum Gasteiger partial charge on any atom is -0.335 e. The summed E-state index contributed by atoms with van der Waals surface area (Å²) in [5.41, 5.74) is 0.598. The second kappa shape index (κ2) is 4.30.